The number of hydrogen-bond donors (Lipinski definition) is 2. The minimum atomic E-state index is -3.61. The summed E-state index contributed by atoms with van der Waals surface area (Å²) in [4.78, 5) is 11.2. The molecule has 2 heterocycles. The van der Waals surface area contributed by atoms with Crippen LogP contribution >= 0.6 is 12.4 Å². The number of sulfonamides is 1. The van der Waals surface area contributed by atoms with Gasteiger partial charge >= 0.3 is 0 Å². The van der Waals surface area contributed by atoms with E-state index < -0.39 is 15.8 Å². The highest BCUT2D eigenvalue weighted by Gasteiger charge is 2.12. The number of nitrogens with zero attached hydrogens (tertiary/aromatic N) is 2. The van der Waals surface area contributed by atoms with E-state index in [0.717, 1.165) is 5.39 Å². The molecule has 2 aromatic heterocycles. The van der Waals surface area contributed by atoms with Crippen molar-refractivity contribution in [1.29, 1.82) is 0 Å². The summed E-state index contributed by atoms with van der Waals surface area (Å²) in [5.74, 6) is -0.776. The van der Waals surface area contributed by atoms with Crippen molar-refractivity contribution in [3.63, 3.8) is 0 Å². The van der Waals surface area contributed by atoms with Crippen LogP contribution in [0.15, 0.2) is 36.8 Å². The van der Waals surface area contributed by atoms with Crippen molar-refractivity contribution in [2.45, 2.75) is 6.42 Å². The Morgan fingerprint density at radius 3 is 2.70 bits per heavy atom. The Hall–Kier alpha value is -2.03. The number of nitrogens with two attached hydrogens (primary N) is 1. The summed E-state index contributed by atoms with van der Waals surface area (Å²) >= 11 is 0. The highest BCUT2D eigenvalue weighted by Crippen LogP contribution is 2.26. The number of primary sulfonamides is 1. The van der Waals surface area contributed by atoms with Crippen LogP contribution in [0.25, 0.3) is 22.3 Å². The zero-order valence-electron chi connectivity index (χ0n) is 11.9. The highest BCUT2D eigenvalue weighted by molar-refractivity contribution is 7.89. The van der Waals surface area contributed by atoms with Gasteiger partial charge in [-0.2, -0.15) is 0 Å². The SMILES string of the molecule is Cl.NS(=O)(=O)CCc1ccc(-c2ncnc3[nH]ccc23)cc1F. The van der Waals surface area contributed by atoms with E-state index >= 15 is 0 Å². The maximum Gasteiger partial charge on any atom is 0.209 e. The molecular weight excluding hydrogens is 343 g/mol. The van der Waals surface area contributed by atoms with Crippen LogP contribution in [0.2, 0.25) is 0 Å². The molecule has 0 spiro atoms. The summed E-state index contributed by atoms with van der Waals surface area (Å²) in [5, 5.41) is 5.73. The second-order valence-corrected chi connectivity index (χ2v) is 6.62. The molecule has 0 unspecified atom stereocenters. The number of aromatic nitrogens is 3. The van der Waals surface area contributed by atoms with E-state index in [-0.39, 0.29) is 24.6 Å². The van der Waals surface area contributed by atoms with Crippen LogP contribution in [0, 0.1) is 5.82 Å². The van der Waals surface area contributed by atoms with E-state index in [9.17, 15) is 12.8 Å². The van der Waals surface area contributed by atoms with Gasteiger partial charge in [-0.05, 0) is 24.1 Å². The minimum Gasteiger partial charge on any atom is -0.346 e. The van der Waals surface area contributed by atoms with Crippen LogP contribution in [-0.4, -0.2) is 29.1 Å². The first-order valence-corrected chi connectivity index (χ1v) is 8.23. The Balaban J connectivity index is 0.00000192. The summed E-state index contributed by atoms with van der Waals surface area (Å²) < 4.78 is 36.1. The molecule has 9 heteroatoms. The molecular formula is C14H14ClFN4O2S. The lowest BCUT2D eigenvalue weighted by Crippen LogP contribution is -2.18. The Morgan fingerprint density at radius 2 is 2.00 bits per heavy atom. The monoisotopic (exact) mass is 356 g/mol. The first-order valence-electron chi connectivity index (χ1n) is 6.51. The molecule has 0 aliphatic rings. The summed E-state index contributed by atoms with van der Waals surface area (Å²) in [6, 6.07) is 6.41. The summed E-state index contributed by atoms with van der Waals surface area (Å²) in [6.07, 6.45) is 3.18. The van der Waals surface area contributed by atoms with Crippen LogP contribution in [-0.2, 0) is 16.4 Å². The van der Waals surface area contributed by atoms with E-state index in [1.54, 1.807) is 18.3 Å². The van der Waals surface area contributed by atoms with E-state index in [0.29, 0.717) is 22.5 Å². The van der Waals surface area contributed by atoms with Gasteiger partial charge in [0.2, 0.25) is 10.0 Å². The third-order valence-electron chi connectivity index (χ3n) is 3.34. The second kappa shape index (κ2) is 6.61. The van der Waals surface area contributed by atoms with Gasteiger partial charge in [0.05, 0.1) is 11.4 Å². The molecule has 3 aromatic rings. The molecule has 0 atom stereocenters. The third kappa shape index (κ3) is 3.84. The van der Waals surface area contributed by atoms with Gasteiger partial charge in [0.15, 0.2) is 0 Å². The number of rotatable bonds is 4. The molecule has 0 radical (unpaired) electrons. The number of nitrogens with one attached hydrogen (secondary N) is 1. The first-order chi connectivity index (χ1) is 10.4. The zero-order valence-corrected chi connectivity index (χ0v) is 13.5. The van der Waals surface area contributed by atoms with Crippen LogP contribution in [0.3, 0.4) is 0 Å². The average Bonchev–Trinajstić information content (AvgIpc) is 2.93. The lowest BCUT2D eigenvalue weighted by Gasteiger charge is -2.06. The van der Waals surface area contributed by atoms with Crippen LogP contribution in [0.5, 0.6) is 0 Å². The van der Waals surface area contributed by atoms with Gasteiger partial charge < -0.3 is 4.98 Å². The topological polar surface area (TPSA) is 102 Å². The zero-order chi connectivity index (χ0) is 15.7. The Morgan fingerprint density at radius 1 is 1.22 bits per heavy atom. The quantitative estimate of drug-likeness (QED) is 0.746. The fourth-order valence-corrected chi connectivity index (χ4v) is 2.76. The molecule has 3 N–H and O–H groups in total. The van der Waals surface area contributed by atoms with E-state index in [4.69, 9.17) is 5.14 Å². The van der Waals surface area contributed by atoms with Crippen molar-refractivity contribution in [2.75, 3.05) is 5.75 Å². The fourth-order valence-electron chi connectivity index (χ4n) is 2.25. The normalized spacial score (nSPS) is 11.4. The van der Waals surface area contributed by atoms with Crippen LogP contribution in [0.1, 0.15) is 5.56 Å². The minimum absolute atomic E-state index is 0. The van der Waals surface area contributed by atoms with Gasteiger partial charge in [-0.25, -0.2) is 27.9 Å². The second-order valence-electron chi connectivity index (χ2n) is 4.89. The molecule has 0 bridgehead atoms. The van der Waals surface area contributed by atoms with Gasteiger partial charge in [0.1, 0.15) is 17.8 Å². The van der Waals surface area contributed by atoms with Crippen molar-refractivity contribution in [3.05, 3.63) is 48.2 Å². The summed E-state index contributed by atoms with van der Waals surface area (Å²) in [7, 11) is -3.61. The van der Waals surface area contributed by atoms with Crippen molar-refractivity contribution in [3.8, 4) is 11.3 Å². The number of aromatic amines is 1. The van der Waals surface area contributed by atoms with Gasteiger partial charge in [0, 0.05) is 17.1 Å². The van der Waals surface area contributed by atoms with E-state index in [2.05, 4.69) is 15.0 Å². The number of aryl methyl sites for hydroxylation is 1. The number of fused-ring (bicyclic) bond motifs is 1. The molecule has 0 fully saturated rings. The van der Waals surface area contributed by atoms with Gasteiger partial charge in [-0.15, -0.1) is 12.4 Å². The van der Waals surface area contributed by atoms with Gasteiger partial charge in [0.25, 0.3) is 0 Å². The third-order valence-corrected chi connectivity index (χ3v) is 4.11. The number of benzene rings is 1. The molecule has 6 nitrogen and oxygen atoms in total. The molecule has 1 aromatic carbocycles. The molecule has 0 saturated carbocycles. The van der Waals surface area contributed by atoms with Crippen LogP contribution < -0.4 is 5.14 Å². The molecule has 0 aliphatic carbocycles. The molecule has 0 saturated heterocycles. The fraction of sp³-hybridized carbons (Fsp3) is 0.143. The van der Waals surface area contributed by atoms with Crippen molar-refractivity contribution >= 4 is 33.5 Å². The highest BCUT2D eigenvalue weighted by atomic mass is 35.5. The van der Waals surface area contributed by atoms with Crippen LogP contribution in [0.4, 0.5) is 4.39 Å². The Bertz CT molecular complexity index is 943. The molecule has 0 aliphatic heterocycles. The smallest absolute Gasteiger partial charge is 0.209 e. The summed E-state index contributed by atoms with van der Waals surface area (Å²) in [5.41, 5.74) is 2.19. The lowest BCUT2D eigenvalue weighted by molar-refractivity contribution is 0.593. The maximum atomic E-state index is 14.2. The predicted molar refractivity (Wildman–Crippen MR) is 88.2 cm³/mol. The average molecular weight is 357 g/mol. The summed E-state index contributed by atoms with van der Waals surface area (Å²) in [6.45, 7) is 0. The largest absolute Gasteiger partial charge is 0.346 e. The molecule has 3 rings (SSSR count). The van der Waals surface area contributed by atoms with Crippen molar-refractivity contribution in [2.24, 2.45) is 5.14 Å². The number of hydrogen-bond acceptors (Lipinski definition) is 4. The van der Waals surface area contributed by atoms with Crippen molar-refractivity contribution < 1.29 is 12.8 Å². The van der Waals surface area contributed by atoms with Gasteiger partial charge in [-0.1, -0.05) is 12.1 Å². The number of H-pyrrole nitrogens is 1. The van der Waals surface area contributed by atoms with E-state index in [1.165, 1.54) is 12.4 Å². The lowest BCUT2D eigenvalue weighted by atomic mass is 10.0. The maximum absolute atomic E-state index is 14.2. The standard InChI is InChI=1S/C14H13FN4O2S.ClH/c15-12-7-10(2-1-9(12)4-6-22(16,20)21)13-11-3-5-17-14(11)19-8-18-13;/h1-3,5,7-8H,4,6H2,(H2,16,20,21)(H,17,18,19);1H. The Labute approximate surface area is 138 Å². The molecule has 122 valence electrons. The first kappa shape index (κ1) is 17.3. The van der Waals surface area contributed by atoms with Gasteiger partial charge in [-0.3, -0.25) is 0 Å². The van der Waals surface area contributed by atoms with Crippen molar-refractivity contribution in [1.82, 2.24) is 15.0 Å². The number of halogens is 2. The molecule has 0 amide bonds. The predicted octanol–water partition coefficient (Wildman–Crippen LogP) is 2.02. The Kier molecular flexibility index (Phi) is 4.98. The van der Waals surface area contributed by atoms with E-state index in [1.807, 2.05) is 6.07 Å². The molecule has 23 heavy (non-hydrogen) atoms.